The Hall–Kier alpha value is -8.16. The van der Waals surface area contributed by atoms with Crippen LogP contribution in [0.1, 0.15) is 416 Å². The average molecular weight is 1630 g/mol. The van der Waals surface area contributed by atoms with Crippen LogP contribution in [0.5, 0.6) is 0 Å². The third-order valence-electron chi connectivity index (χ3n) is 24.4. The smallest absolute Gasteiger partial charge is 0.120 e. The van der Waals surface area contributed by atoms with Gasteiger partial charge in [-0.15, -0.1) is 0 Å². The van der Waals surface area contributed by atoms with E-state index in [-0.39, 0.29) is 0 Å². The van der Waals surface area contributed by atoms with Gasteiger partial charge in [0.15, 0.2) is 0 Å². The molecule has 8 rings (SSSR count). The summed E-state index contributed by atoms with van der Waals surface area (Å²) in [6.07, 6.45) is 44.2. The molecular formula is C117H156O4. The van der Waals surface area contributed by atoms with E-state index in [1.807, 2.05) is 13.8 Å². The van der Waals surface area contributed by atoms with E-state index < -0.39 is 27.8 Å². The summed E-state index contributed by atoms with van der Waals surface area (Å²) in [6, 6.07) is 57.5. The molecule has 0 bridgehead atoms. The summed E-state index contributed by atoms with van der Waals surface area (Å²) in [7, 11) is 0. The van der Waals surface area contributed by atoms with Crippen LogP contribution in [-0.4, -0.2) is 37.2 Å². The van der Waals surface area contributed by atoms with E-state index in [2.05, 4.69) is 248 Å². The summed E-state index contributed by atoms with van der Waals surface area (Å²) in [5, 5.41) is 45.1. The van der Waals surface area contributed by atoms with Crippen LogP contribution in [0.25, 0.3) is 33.4 Å². The van der Waals surface area contributed by atoms with Crippen molar-refractivity contribution in [2.24, 2.45) is 0 Å². The lowest BCUT2D eigenvalue weighted by Crippen LogP contribution is -2.31. The zero-order valence-electron chi connectivity index (χ0n) is 78.4. The van der Waals surface area contributed by atoms with Crippen molar-refractivity contribution in [2.75, 3.05) is 0 Å². The minimum absolute atomic E-state index is 0.883. The van der Waals surface area contributed by atoms with Gasteiger partial charge in [0.1, 0.15) is 16.8 Å². The molecule has 0 saturated carbocycles. The van der Waals surface area contributed by atoms with Gasteiger partial charge >= 0.3 is 0 Å². The Bertz CT molecular complexity index is 4580. The minimum Gasteiger partial charge on any atom is -0.386 e. The largest absolute Gasteiger partial charge is 0.386 e. The molecule has 0 heterocycles. The van der Waals surface area contributed by atoms with Gasteiger partial charge in [-0.3, -0.25) is 0 Å². The number of unbranched alkanes of at least 4 members (excludes halogenated alkanes) is 24. The number of aryl methyl sites for hydroxylation is 8. The highest BCUT2D eigenvalue weighted by Gasteiger charge is 2.39. The van der Waals surface area contributed by atoms with E-state index >= 15 is 0 Å². The quantitative estimate of drug-likeness (QED) is 0.0174. The Kier molecular flexibility index (Phi) is 40.6. The van der Waals surface area contributed by atoms with Gasteiger partial charge in [-0.05, 0) is 312 Å². The maximum absolute atomic E-state index is 12.1. The molecule has 0 amide bonds. The van der Waals surface area contributed by atoms with Crippen LogP contribution in [0, 0.1) is 47.4 Å². The molecule has 4 N–H and O–H groups in total. The van der Waals surface area contributed by atoms with Crippen molar-refractivity contribution in [2.45, 2.75) is 395 Å². The molecule has 0 spiro atoms. The molecule has 0 aliphatic heterocycles. The third kappa shape index (κ3) is 30.9. The van der Waals surface area contributed by atoms with Gasteiger partial charge in [0.25, 0.3) is 0 Å². The van der Waals surface area contributed by atoms with Gasteiger partial charge in [0.05, 0.1) is 11.0 Å². The first-order valence-corrected chi connectivity index (χ1v) is 48.3. The Morgan fingerprint density at radius 3 is 0.711 bits per heavy atom. The number of aliphatic hydroxyl groups is 4. The van der Waals surface area contributed by atoms with Gasteiger partial charge in [-0.1, -0.05) is 354 Å². The molecule has 121 heavy (non-hydrogen) atoms. The fourth-order valence-corrected chi connectivity index (χ4v) is 17.5. The maximum atomic E-state index is 12.1. The predicted octanol–water partition coefficient (Wildman–Crippen LogP) is 30.0. The van der Waals surface area contributed by atoms with E-state index in [4.69, 9.17) is 0 Å². The Balaban J connectivity index is 1.48. The molecule has 0 radical (unpaired) electrons. The SMILES string of the molecule is CCCCCCc1cc(C#CC(C)(C)O)c(CCCCCC)cc1C#Cc1ccc(C(c2ccc(-c3cc(CCCCCC)c(C#CC(C)(C)O)cc3CCCCCC)cc2)(c2ccc(-c3cc(CCCCCC)c(C#CC(C)(C)O)cc3CCCCCC)cc2)c2ccc(-c3cc(CCCCCC)c(C(C)(C)O)cc3CCCCCC)cc2)cc1. The summed E-state index contributed by atoms with van der Waals surface area (Å²) in [5.74, 6) is 27.7. The molecule has 0 unspecified atom stereocenters. The second-order valence-corrected chi connectivity index (χ2v) is 37.4. The number of rotatable bonds is 48. The Morgan fingerprint density at radius 2 is 0.446 bits per heavy atom. The zero-order chi connectivity index (χ0) is 87.3. The van der Waals surface area contributed by atoms with Crippen LogP contribution in [0.15, 0.2) is 146 Å². The summed E-state index contributed by atoms with van der Waals surface area (Å²) < 4.78 is 0. The van der Waals surface area contributed by atoms with E-state index in [0.717, 1.165) is 223 Å². The van der Waals surface area contributed by atoms with Crippen molar-refractivity contribution >= 4 is 0 Å². The molecule has 0 aliphatic rings. The summed E-state index contributed by atoms with van der Waals surface area (Å²) >= 11 is 0. The number of hydrogen-bond donors (Lipinski definition) is 4. The van der Waals surface area contributed by atoms with Crippen LogP contribution in [0.3, 0.4) is 0 Å². The third-order valence-corrected chi connectivity index (χ3v) is 24.4. The zero-order valence-corrected chi connectivity index (χ0v) is 78.4. The molecule has 0 saturated heterocycles. The molecule has 0 aliphatic carbocycles. The fraction of sp³-hybridized carbons (Fsp3) is 0.521. The lowest BCUT2D eigenvalue weighted by atomic mass is 9.64. The van der Waals surface area contributed by atoms with Crippen molar-refractivity contribution in [1.82, 2.24) is 0 Å². The topological polar surface area (TPSA) is 80.9 Å². The van der Waals surface area contributed by atoms with Gasteiger partial charge in [-0.2, -0.15) is 0 Å². The number of hydrogen-bond acceptors (Lipinski definition) is 4. The molecule has 648 valence electrons. The van der Waals surface area contributed by atoms with E-state index in [1.54, 1.807) is 41.5 Å². The van der Waals surface area contributed by atoms with Gasteiger partial charge < -0.3 is 20.4 Å². The summed E-state index contributed by atoms with van der Waals surface area (Å²) in [4.78, 5) is 0. The molecular weight excluding hydrogens is 1470 g/mol. The van der Waals surface area contributed by atoms with Crippen LogP contribution in [0.4, 0.5) is 0 Å². The Morgan fingerprint density at radius 1 is 0.223 bits per heavy atom. The molecule has 0 atom stereocenters. The van der Waals surface area contributed by atoms with Gasteiger partial charge in [0, 0.05) is 27.8 Å². The van der Waals surface area contributed by atoms with E-state index in [0.29, 0.717) is 0 Å². The van der Waals surface area contributed by atoms with E-state index in [9.17, 15) is 20.4 Å². The minimum atomic E-state index is -1.13. The predicted molar refractivity (Wildman–Crippen MR) is 521 cm³/mol. The standard InChI is InChI=1S/C117H156O4/c1-17-25-33-41-49-93-82-98(75-78-113(9,10)118)94(50-42-34-26-18-2)81-97(93)60-57-89-58-67-105(68-59-89)117(108-73-65-92(66-74-108)111-87-104(56-48-40-32-24-8)112(116(15,16)121)88-103(111)55-47-39-31-23-7,106-69-61-90(62-70-106)109-85-95(51-43-35-27-19-3)99(76-79-114(11,12)119)83-101(109)53-45-37-29-21-5)107-71-63-91(64-72-107)110-86-96(52-44-36-28-20-4)100(77-80-115(13,14)120)84-102(110)54-46-38-30-22-6/h58-59,61-74,81-88,118-121H,17-56H2,1-16H3. The van der Waals surface area contributed by atoms with Crippen LogP contribution < -0.4 is 0 Å². The van der Waals surface area contributed by atoms with Crippen LogP contribution in [-0.2, 0) is 62.4 Å². The van der Waals surface area contributed by atoms with Crippen molar-refractivity contribution in [3.05, 3.63) is 246 Å². The normalized spacial score (nSPS) is 11.9. The van der Waals surface area contributed by atoms with Gasteiger partial charge in [-0.25, -0.2) is 0 Å². The molecule has 0 aromatic heterocycles. The highest BCUT2D eigenvalue weighted by atomic mass is 16.3. The monoisotopic (exact) mass is 1630 g/mol. The van der Waals surface area contributed by atoms with Gasteiger partial charge in [0.2, 0.25) is 0 Å². The van der Waals surface area contributed by atoms with Crippen molar-refractivity contribution in [3.8, 4) is 80.7 Å². The Labute approximate surface area is 737 Å². The van der Waals surface area contributed by atoms with E-state index in [1.165, 1.54) is 168 Å². The molecule has 8 aromatic rings. The summed E-state index contributed by atoms with van der Waals surface area (Å²) in [5.41, 5.74) is 22.8. The van der Waals surface area contributed by atoms with Crippen LogP contribution >= 0.6 is 0 Å². The summed E-state index contributed by atoms with van der Waals surface area (Å²) in [6.45, 7) is 32.9. The second kappa shape index (κ2) is 50.0. The first-order valence-electron chi connectivity index (χ1n) is 48.3. The lowest BCUT2D eigenvalue weighted by molar-refractivity contribution is 0.0775. The maximum Gasteiger partial charge on any atom is 0.120 e. The number of benzene rings is 8. The van der Waals surface area contributed by atoms with Crippen LogP contribution in [0.2, 0.25) is 0 Å². The van der Waals surface area contributed by atoms with Crippen molar-refractivity contribution in [3.63, 3.8) is 0 Å². The highest BCUT2D eigenvalue weighted by molar-refractivity contribution is 5.76. The molecule has 8 aromatic carbocycles. The fourth-order valence-electron chi connectivity index (χ4n) is 17.5. The highest BCUT2D eigenvalue weighted by Crippen LogP contribution is 2.48. The lowest BCUT2D eigenvalue weighted by Gasteiger charge is -2.37. The molecule has 0 fully saturated rings. The molecule has 4 nitrogen and oxygen atoms in total. The molecule has 4 heteroatoms. The first-order chi connectivity index (χ1) is 58.2. The van der Waals surface area contributed by atoms with Crippen molar-refractivity contribution < 1.29 is 20.4 Å². The first kappa shape index (κ1) is 98.3. The average Bonchev–Trinajstić information content (AvgIpc) is 0.725. The second-order valence-electron chi connectivity index (χ2n) is 37.4. The van der Waals surface area contributed by atoms with Crippen molar-refractivity contribution in [1.29, 1.82) is 0 Å².